The molecule has 134 valence electrons. The van der Waals surface area contributed by atoms with Crippen molar-refractivity contribution in [1.29, 1.82) is 0 Å². The topological polar surface area (TPSA) is 69.6 Å². The molecule has 2 fully saturated rings. The van der Waals surface area contributed by atoms with E-state index in [1.54, 1.807) is 11.5 Å². The first kappa shape index (κ1) is 16.6. The number of rotatable bonds is 2. The van der Waals surface area contributed by atoms with E-state index >= 15 is 0 Å². The summed E-state index contributed by atoms with van der Waals surface area (Å²) in [6, 6.07) is 6.02. The second-order valence-electron chi connectivity index (χ2n) is 7.92. The lowest BCUT2D eigenvalue weighted by Gasteiger charge is -2.46. The number of nitrogens with zero attached hydrogens (tertiary/aromatic N) is 1. The molecular formula is C20H26N2O3. The SMILES string of the molecule is O=C(NO)c1ccc2c(c1)CC[C@@]1(CCCN(C3CCCC3)C1=O)C2. The Hall–Kier alpha value is -1.88. The van der Waals surface area contributed by atoms with Crippen LogP contribution in [0.3, 0.4) is 0 Å². The van der Waals surface area contributed by atoms with Crippen LogP contribution in [-0.4, -0.2) is 34.5 Å². The molecule has 2 N–H and O–H groups in total. The third-order valence-electron chi connectivity index (χ3n) is 6.51. The van der Waals surface area contributed by atoms with Gasteiger partial charge in [0.15, 0.2) is 0 Å². The van der Waals surface area contributed by atoms with Crippen molar-refractivity contribution in [3.05, 3.63) is 34.9 Å². The molecule has 1 saturated carbocycles. The number of aryl methyl sites for hydroxylation is 1. The van der Waals surface area contributed by atoms with E-state index in [4.69, 9.17) is 5.21 Å². The standard InChI is InChI=1S/C20H26N2O3/c23-18(21-25)15-6-7-16-13-20(10-8-14(16)12-15)9-3-11-22(19(20)24)17-4-1-2-5-17/h6-7,12,17,25H,1-5,8-11,13H2,(H,21,23)/t20-/m0/s1. The molecule has 1 saturated heterocycles. The monoisotopic (exact) mass is 342 g/mol. The van der Waals surface area contributed by atoms with E-state index in [1.165, 1.54) is 18.4 Å². The molecule has 0 radical (unpaired) electrons. The van der Waals surface area contributed by atoms with E-state index in [-0.39, 0.29) is 5.41 Å². The lowest BCUT2D eigenvalue weighted by atomic mass is 9.66. The Morgan fingerprint density at radius 1 is 1.16 bits per heavy atom. The van der Waals surface area contributed by atoms with E-state index in [0.29, 0.717) is 17.5 Å². The zero-order valence-electron chi connectivity index (χ0n) is 14.6. The average molecular weight is 342 g/mol. The van der Waals surface area contributed by atoms with Gasteiger partial charge in [-0.2, -0.15) is 0 Å². The molecule has 0 aromatic heterocycles. The quantitative estimate of drug-likeness (QED) is 0.641. The maximum Gasteiger partial charge on any atom is 0.274 e. The summed E-state index contributed by atoms with van der Waals surface area (Å²) < 4.78 is 0. The van der Waals surface area contributed by atoms with Gasteiger partial charge in [-0.1, -0.05) is 18.9 Å². The number of hydroxylamine groups is 1. The zero-order chi connectivity index (χ0) is 17.4. The van der Waals surface area contributed by atoms with Crippen LogP contribution < -0.4 is 5.48 Å². The van der Waals surface area contributed by atoms with Crippen LogP contribution in [0.1, 0.15) is 66.4 Å². The van der Waals surface area contributed by atoms with Crippen molar-refractivity contribution in [2.45, 2.75) is 63.8 Å². The van der Waals surface area contributed by atoms with Crippen LogP contribution in [0.5, 0.6) is 0 Å². The molecule has 2 aliphatic carbocycles. The highest BCUT2D eigenvalue weighted by atomic mass is 16.5. The summed E-state index contributed by atoms with van der Waals surface area (Å²) in [6.07, 6.45) is 9.38. The van der Waals surface area contributed by atoms with Crippen LogP contribution in [0.4, 0.5) is 0 Å². The van der Waals surface area contributed by atoms with Crippen molar-refractivity contribution in [1.82, 2.24) is 10.4 Å². The van der Waals surface area contributed by atoms with Gasteiger partial charge in [0.25, 0.3) is 5.91 Å². The summed E-state index contributed by atoms with van der Waals surface area (Å²) in [7, 11) is 0. The first-order valence-electron chi connectivity index (χ1n) is 9.50. The Kier molecular flexibility index (Phi) is 4.28. The van der Waals surface area contributed by atoms with Crippen LogP contribution >= 0.6 is 0 Å². The van der Waals surface area contributed by atoms with Crippen LogP contribution in [0.2, 0.25) is 0 Å². The van der Waals surface area contributed by atoms with E-state index in [1.807, 2.05) is 12.1 Å². The fraction of sp³-hybridized carbons (Fsp3) is 0.600. The number of piperidine rings is 1. The lowest BCUT2D eigenvalue weighted by molar-refractivity contribution is -0.150. The lowest BCUT2D eigenvalue weighted by Crippen LogP contribution is -2.54. The molecule has 1 aromatic rings. The number of hydrogen-bond acceptors (Lipinski definition) is 3. The van der Waals surface area contributed by atoms with Crippen molar-refractivity contribution in [2.24, 2.45) is 5.41 Å². The Labute approximate surface area is 148 Å². The maximum absolute atomic E-state index is 13.3. The normalized spacial score (nSPS) is 26.8. The second-order valence-corrected chi connectivity index (χ2v) is 7.92. The fourth-order valence-electron chi connectivity index (χ4n) is 5.12. The van der Waals surface area contributed by atoms with Gasteiger partial charge >= 0.3 is 0 Å². The molecule has 0 bridgehead atoms. The van der Waals surface area contributed by atoms with Crippen LogP contribution in [0, 0.1) is 5.41 Å². The first-order valence-corrected chi connectivity index (χ1v) is 9.50. The minimum atomic E-state index is -0.482. The number of fused-ring (bicyclic) bond motifs is 1. The molecule has 0 unspecified atom stereocenters. The summed E-state index contributed by atoms with van der Waals surface area (Å²) in [5.74, 6) is -0.113. The number of carbonyl (C=O) groups excluding carboxylic acids is 2. The molecule has 1 heterocycles. The maximum atomic E-state index is 13.3. The molecule has 4 rings (SSSR count). The number of nitrogens with one attached hydrogen (secondary N) is 1. The molecule has 25 heavy (non-hydrogen) atoms. The average Bonchev–Trinajstić information content (AvgIpc) is 3.17. The summed E-state index contributed by atoms with van der Waals surface area (Å²) in [6.45, 7) is 0.924. The Bertz CT molecular complexity index is 696. The van der Waals surface area contributed by atoms with Crippen LogP contribution in [-0.2, 0) is 17.6 Å². The Morgan fingerprint density at radius 2 is 1.96 bits per heavy atom. The van der Waals surface area contributed by atoms with Gasteiger partial charge in [-0.05, 0) is 68.2 Å². The van der Waals surface area contributed by atoms with Gasteiger partial charge in [-0.15, -0.1) is 0 Å². The molecule has 5 nitrogen and oxygen atoms in total. The smallest absolute Gasteiger partial charge is 0.274 e. The summed E-state index contributed by atoms with van der Waals surface area (Å²) in [5.41, 5.74) is 4.24. The number of carbonyl (C=O) groups is 2. The van der Waals surface area contributed by atoms with Crippen molar-refractivity contribution < 1.29 is 14.8 Å². The van der Waals surface area contributed by atoms with Crippen LogP contribution in [0.15, 0.2) is 18.2 Å². The van der Waals surface area contributed by atoms with Crippen molar-refractivity contribution in [3.63, 3.8) is 0 Å². The first-order chi connectivity index (χ1) is 12.1. The van der Waals surface area contributed by atoms with E-state index in [2.05, 4.69) is 4.90 Å². The molecule has 1 aliphatic heterocycles. The molecule has 1 aromatic carbocycles. The molecule has 3 aliphatic rings. The molecular weight excluding hydrogens is 316 g/mol. The third kappa shape index (κ3) is 2.84. The van der Waals surface area contributed by atoms with Gasteiger partial charge in [0, 0.05) is 18.2 Å². The molecule has 2 amide bonds. The number of amides is 2. The van der Waals surface area contributed by atoms with Gasteiger partial charge < -0.3 is 4.90 Å². The van der Waals surface area contributed by atoms with Gasteiger partial charge in [0.2, 0.25) is 5.91 Å². The summed E-state index contributed by atoms with van der Waals surface area (Å²) in [4.78, 5) is 27.2. The number of likely N-dealkylation sites (tertiary alicyclic amines) is 1. The highest BCUT2D eigenvalue weighted by molar-refractivity contribution is 5.93. The van der Waals surface area contributed by atoms with Gasteiger partial charge in [-0.3, -0.25) is 14.8 Å². The molecule has 5 heteroatoms. The van der Waals surface area contributed by atoms with E-state index in [9.17, 15) is 9.59 Å². The zero-order valence-corrected chi connectivity index (χ0v) is 14.6. The second kappa shape index (κ2) is 6.45. The van der Waals surface area contributed by atoms with Gasteiger partial charge in [-0.25, -0.2) is 5.48 Å². The minimum Gasteiger partial charge on any atom is -0.339 e. The van der Waals surface area contributed by atoms with E-state index < -0.39 is 5.91 Å². The fourth-order valence-corrected chi connectivity index (χ4v) is 5.12. The predicted octanol–water partition coefficient (Wildman–Crippen LogP) is 2.85. The van der Waals surface area contributed by atoms with Crippen molar-refractivity contribution in [2.75, 3.05) is 6.54 Å². The Balaban J connectivity index is 1.58. The number of hydrogen-bond donors (Lipinski definition) is 2. The largest absolute Gasteiger partial charge is 0.339 e. The minimum absolute atomic E-state index is 0.241. The van der Waals surface area contributed by atoms with Crippen molar-refractivity contribution >= 4 is 11.8 Å². The van der Waals surface area contributed by atoms with Crippen molar-refractivity contribution in [3.8, 4) is 0 Å². The number of benzene rings is 1. The van der Waals surface area contributed by atoms with Gasteiger partial charge in [0.05, 0.1) is 5.41 Å². The third-order valence-corrected chi connectivity index (χ3v) is 6.51. The molecule has 1 atom stereocenters. The summed E-state index contributed by atoms with van der Waals surface area (Å²) in [5, 5.41) is 8.81. The molecule has 1 spiro atoms. The van der Waals surface area contributed by atoms with Crippen LogP contribution in [0.25, 0.3) is 0 Å². The highest BCUT2D eigenvalue weighted by Crippen LogP contribution is 2.44. The summed E-state index contributed by atoms with van der Waals surface area (Å²) >= 11 is 0. The Morgan fingerprint density at radius 3 is 2.72 bits per heavy atom. The highest BCUT2D eigenvalue weighted by Gasteiger charge is 2.47. The predicted molar refractivity (Wildman–Crippen MR) is 93.4 cm³/mol. The van der Waals surface area contributed by atoms with E-state index in [0.717, 1.165) is 57.1 Å². The van der Waals surface area contributed by atoms with Gasteiger partial charge in [0.1, 0.15) is 0 Å².